The van der Waals surface area contributed by atoms with Crippen LogP contribution in [0, 0.1) is 11.6 Å². The summed E-state index contributed by atoms with van der Waals surface area (Å²) in [5, 5.41) is 3.00. The van der Waals surface area contributed by atoms with Crippen molar-refractivity contribution in [2.24, 2.45) is 0 Å². The Kier molecular flexibility index (Phi) is 5.58. The van der Waals surface area contributed by atoms with E-state index in [9.17, 15) is 22.0 Å². The van der Waals surface area contributed by atoms with Crippen molar-refractivity contribution in [2.75, 3.05) is 22.4 Å². The molecule has 1 aliphatic heterocycles. The van der Waals surface area contributed by atoms with Crippen LogP contribution >= 0.6 is 23.4 Å². The second kappa shape index (κ2) is 8.06. The molecule has 0 radical (unpaired) electrons. The van der Waals surface area contributed by atoms with Crippen molar-refractivity contribution < 1.29 is 22.0 Å². The van der Waals surface area contributed by atoms with Gasteiger partial charge in [0.05, 0.1) is 23.3 Å². The number of fused-ring (bicyclic) bond motifs is 3. The minimum atomic E-state index is -3.85. The second-order valence-electron chi connectivity index (χ2n) is 6.47. The summed E-state index contributed by atoms with van der Waals surface area (Å²) in [5.41, 5.74) is 1.26. The van der Waals surface area contributed by atoms with Crippen molar-refractivity contribution in [2.45, 2.75) is 10.1 Å². The quantitative estimate of drug-likeness (QED) is 0.447. The summed E-state index contributed by atoms with van der Waals surface area (Å²) in [6.45, 7) is 0. The predicted octanol–water partition coefficient (Wildman–Crippen LogP) is 3.94. The van der Waals surface area contributed by atoms with Crippen LogP contribution in [0.15, 0.2) is 52.6 Å². The number of aromatic nitrogens is 2. The maximum atomic E-state index is 13.3. The molecule has 12 heteroatoms. The minimum Gasteiger partial charge on any atom is -0.325 e. The summed E-state index contributed by atoms with van der Waals surface area (Å²) < 4.78 is 52.9. The van der Waals surface area contributed by atoms with Gasteiger partial charge in [-0.1, -0.05) is 23.4 Å². The number of carbonyl (C=O) groups excluding carboxylic acids is 1. The smallest absolute Gasteiger partial charge is 0.267 e. The first-order valence-corrected chi connectivity index (χ1v) is 11.5. The fraction of sp³-hybridized carbons (Fsp3) is 0.105. The van der Waals surface area contributed by atoms with Gasteiger partial charge in [-0.25, -0.2) is 27.2 Å². The standard InChI is InChI=1S/C19H13ClF2N4O3S2/c1-26-15-6-10(20)2-4-12(15)18-16(31(26,28)29)8-23-19(25-18)30-9-17(27)24-11-3-5-13(21)14(22)7-11/h2-8H,9H2,1H3,(H,24,27). The Balaban J connectivity index is 1.57. The summed E-state index contributed by atoms with van der Waals surface area (Å²) in [6.07, 6.45) is 1.20. The fourth-order valence-electron chi connectivity index (χ4n) is 2.95. The third-order valence-corrected chi connectivity index (χ3v) is 7.33. The van der Waals surface area contributed by atoms with Crippen LogP contribution in [0.25, 0.3) is 11.3 Å². The Morgan fingerprint density at radius 3 is 2.71 bits per heavy atom. The second-order valence-corrected chi connectivity index (χ2v) is 9.78. The van der Waals surface area contributed by atoms with Crippen LogP contribution in [0.2, 0.25) is 5.02 Å². The molecule has 1 aromatic heterocycles. The molecule has 160 valence electrons. The molecule has 0 spiro atoms. The van der Waals surface area contributed by atoms with Crippen LogP contribution in [0.5, 0.6) is 0 Å². The van der Waals surface area contributed by atoms with Gasteiger partial charge in [-0.2, -0.15) is 0 Å². The number of nitrogens with zero attached hydrogens (tertiary/aromatic N) is 3. The van der Waals surface area contributed by atoms with Crippen molar-refractivity contribution in [1.29, 1.82) is 0 Å². The van der Waals surface area contributed by atoms with Crippen molar-refractivity contribution in [3.63, 3.8) is 0 Å². The summed E-state index contributed by atoms with van der Waals surface area (Å²) in [5.74, 6) is -2.71. The van der Waals surface area contributed by atoms with Gasteiger partial charge in [0.15, 0.2) is 16.8 Å². The number of nitrogens with one attached hydrogen (secondary N) is 1. The van der Waals surface area contributed by atoms with Gasteiger partial charge in [0.2, 0.25) is 5.91 Å². The lowest BCUT2D eigenvalue weighted by atomic mass is 10.1. The van der Waals surface area contributed by atoms with Crippen LogP contribution in [0.1, 0.15) is 0 Å². The topological polar surface area (TPSA) is 92.3 Å². The average Bonchev–Trinajstić information content (AvgIpc) is 2.73. The first-order valence-electron chi connectivity index (χ1n) is 8.70. The maximum Gasteiger partial charge on any atom is 0.267 e. The van der Waals surface area contributed by atoms with Crippen LogP contribution in [-0.4, -0.2) is 37.1 Å². The van der Waals surface area contributed by atoms with Gasteiger partial charge in [-0.05, 0) is 30.3 Å². The monoisotopic (exact) mass is 482 g/mol. The Morgan fingerprint density at radius 1 is 1.19 bits per heavy atom. The van der Waals surface area contributed by atoms with Crippen molar-refractivity contribution in [3.8, 4) is 11.3 Å². The molecular formula is C19H13ClF2N4O3S2. The molecule has 0 atom stereocenters. The molecule has 31 heavy (non-hydrogen) atoms. The molecule has 3 aromatic rings. The molecule has 7 nitrogen and oxygen atoms in total. The van der Waals surface area contributed by atoms with Gasteiger partial charge in [0, 0.05) is 29.4 Å². The van der Waals surface area contributed by atoms with Gasteiger partial charge in [-0.15, -0.1) is 0 Å². The predicted molar refractivity (Wildman–Crippen MR) is 114 cm³/mol. The van der Waals surface area contributed by atoms with Crippen LogP contribution < -0.4 is 9.62 Å². The van der Waals surface area contributed by atoms with Crippen LogP contribution in [-0.2, 0) is 14.8 Å². The first kappa shape index (κ1) is 21.5. The van der Waals surface area contributed by atoms with E-state index in [-0.39, 0.29) is 27.2 Å². The van der Waals surface area contributed by atoms with E-state index < -0.39 is 27.6 Å². The molecule has 1 N–H and O–H groups in total. The van der Waals surface area contributed by atoms with E-state index >= 15 is 0 Å². The molecule has 0 saturated carbocycles. The number of amides is 1. The highest BCUT2D eigenvalue weighted by molar-refractivity contribution is 7.99. The van der Waals surface area contributed by atoms with Gasteiger partial charge < -0.3 is 5.32 Å². The molecule has 1 aliphatic rings. The Bertz CT molecular complexity index is 1320. The van der Waals surface area contributed by atoms with E-state index in [1.807, 2.05) is 0 Å². The molecule has 4 rings (SSSR count). The van der Waals surface area contributed by atoms with Gasteiger partial charge >= 0.3 is 0 Å². The van der Waals surface area contributed by atoms with Crippen molar-refractivity contribution in [1.82, 2.24) is 9.97 Å². The molecule has 0 fully saturated rings. The molecule has 0 unspecified atom stereocenters. The summed E-state index contributed by atoms with van der Waals surface area (Å²) in [4.78, 5) is 20.5. The zero-order valence-electron chi connectivity index (χ0n) is 15.8. The lowest BCUT2D eigenvalue weighted by Gasteiger charge is -2.28. The van der Waals surface area contributed by atoms with Crippen molar-refractivity contribution in [3.05, 3.63) is 59.3 Å². The van der Waals surface area contributed by atoms with E-state index in [2.05, 4.69) is 15.3 Å². The number of anilines is 2. The van der Waals surface area contributed by atoms with Gasteiger partial charge in [0.1, 0.15) is 4.90 Å². The minimum absolute atomic E-state index is 0.0552. The zero-order chi connectivity index (χ0) is 22.3. The molecule has 0 saturated heterocycles. The van der Waals surface area contributed by atoms with Crippen LogP contribution in [0.3, 0.4) is 0 Å². The largest absolute Gasteiger partial charge is 0.325 e. The van der Waals surface area contributed by atoms with E-state index in [4.69, 9.17) is 11.6 Å². The maximum absolute atomic E-state index is 13.3. The SMILES string of the molecule is CN1c2cc(Cl)ccc2-c2nc(SCC(=O)Nc3ccc(F)c(F)c3)ncc2S1(=O)=O. The first-order chi connectivity index (χ1) is 14.7. The number of rotatable bonds is 4. The number of thioether (sulfide) groups is 1. The van der Waals surface area contributed by atoms with E-state index in [0.717, 1.165) is 28.2 Å². The Morgan fingerprint density at radius 2 is 1.97 bits per heavy atom. The number of hydrogen-bond acceptors (Lipinski definition) is 6. The number of sulfonamides is 1. The van der Waals surface area contributed by atoms with E-state index in [1.54, 1.807) is 12.1 Å². The third-order valence-electron chi connectivity index (χ3n) is 4.46. The lowest BCUT2D eigenvalue weighted by Crippen LogP contribution is -2.31. The van der Waals surface area contributed by atoms with Gasteiger partial charge in [-0.3, -0.25) is 9.10 Å². The molecular weight excluding hydrogens is 470 g/mol. The number of carbonyl (C=O) groups is 1. The third kappa shape index (κ3) is 4.08. The normalized spacial score (nSPS) is 14.0. The van der Waals surface area contributed by atoms with Crippen molar-refractivity contribution >= 4 is 50.7 Å². The Labute approximate surface area is 185 Å². The average molecular weight is 483 g/mol. The molecule has 0 aliphatic carbocycles. The van der Waals surface area contributed by atoms with E-state index in [0.29, 0.717) is 16.3 Å². The fourth-order valence-corrected chi connectivity index (χ4v) is 5.02. The highest BCUT2D eigenvalue weighted by Gasteiger charge is 2.34. The summed E-state index contributed by atoms with van der Waals surface area (Å²) >= 11 is 6.99. The number of hydrogen-bond donors (Lipinski definition) is 1. The zero-order valence-corrected chi connectivity index (χ0v) is 18.2. The van der Waals surface area contributed by atoms with Gasteiger partial charge in [0.25, 0.3) is 10.0 Å². The molecule has 2 aromatic carbocycles. The van der Waals surface area contributed by atoms with Crippen LogP contribution in [0.4, 0.5) is 20.2 Å². The number of halogens is 3. The Hall–Kier alpha value is -2.76. The van der Waals surface area contributed by atoms with E-state index in [1.165, 1.54) is 25.4 Å². The number of benzene rings is 2. The highest BCUT2D eigenvalue weighted by atomic mass is 35.5. The molecule has 0 bridgehead atoms. The summed E-state index contributed by atoms with van der Waals surface area (Å²) in [7, 11) is -2.44. The molecule has 1 amide bonds. The highest BCUT2D eigenvalue weighted by Crippen LogP contribution is 2.42. The summed E-state index contributed by atoms with van der Waals surface area (Å²) in [6, 6.07) is 7.84. The lowest BCUT2D eigenvalue weighted by molar-refractivity contribution is -0.113. The molecule has 2 heterocycles.